The van der Waals surface area contributed by atoms with E-state index in [4.69, 9.17) is 11.6 Å². The summed E-state index contributed by atoms with van der Waals surface area (Å²) in [7, 11) is 1.79. The first-order valence-corrected chi connectivity index (χ1v) is 6.44. The highest BCUT2D eigenvalue weighted by molar-refractivity contribution is 6.20. The predicted molar refractivity (Wildman–Crippen MR) is 67.2 cm³/mol. The van der Waals surface area contributed by atoms with E-state index in [1.165, 1.54) is 0 Å². The Hall–Kier alpha value is -1.03. The van der Waals surface area contributed by atoms with Crippen molar-refractivity contribution in [1.29, 1.82) is 0 Å². The Morgan fingerprint density at radius 3 is 2.65 bits per heavy atom. The number of hydrogen-bond acceptors (Lipinski definition) is 2. The Kier molecular flexibility index (Phi) is 3.72. The number of aromatic nitrogens is 2. The lowest BCUT2D eigenvalue weighted by Crippen LogP contribution is -2.40. The summed E-state index contributed by atoms with van der Waals surface area (Å²) in [6.45, 7) is 3.63. The van der Waals surface area contributed by atoms with Crippen molar-refractivity contribution in [2.45, 2.75) is 25.1 Å². The highest BCUT2D eigenvalue weighted by Gasteiger charge is 2.26. The third kappa shape index (κ3) is 2.63. The molecule has 0 aliphatic carbocycles. The second-order valence-corrected chi connectivity index (χ2v) is 5.34. The van der Waals surface area contributed by atoms with Crippen molar-refractivity contribution in [1.82, 2.24) is 14.7 Å². The molecule has 2 rings (SSSR count). The lowest BCUT2D eigenvalue weighted by atomic mass is 9.94. The van der Waals surface area contributed by atoms with Gasteiger partial charge in [0.1, 0.15) is 5.69 Å². The topological polar surface area (TPSA) is 38.1 Å². The fourth-order valence-corrected chi connectivity index (χ4v) is 2.56. The van der Waals surface area contributed by atoms with Crippen LogP contribution in [0.25, 0.3) is 0 Å². The minimum atomic E-state index is 0.0747. The van der Waals surface area contributed by atoms with Crippen LogP contribution < -0.4 is 0 Å². The number of rotatable bonds is 2. The zero-order valence-electron chi connectivity index (χ0n) is 10.3. The summed E-state index contributed by atoms with van der Waals surface area (Å²) < 4.78 is 1.62. The summed E-state index contributed by atoms with van der Waals surface area (Å²) in [5, 5.41) is 4.22. The largest absolute Gasteiger partial charge is 0.337 e. The van der Waals surface area contributed by atoms with Crippen LogP contribution in [0.4, 0.5) is 0 Å². The molecule has 94 valence electrons. The van der Waals surface area contributed by atoms with Gasteiger partial charge in [-0.15, -0.1) is 11.6 Å². The fraction of sp³-hybridized carbons (Fsp3) is 0.667. The predicted octanol–water partition coefficient (Wildman–Crippen LogP) is 1.90. The van der Waals surface area contributed by atoms with Crippen molar-refractivity contribution >= 4 is 17.5 Å². The molecule has 0 bridgehead atoms. The summed E-state index contributed by atoms with van der Waals surface area (Å²) >= 11 is 6.09. The summed E-state index contributed by atoms with van der Waals surface area (Å²) in [5.41, 5.74) is 0.655. The molecular formula is C12H18ClN3O. The fourth-order valence-electron chi connectivity index (χ4n) is 2.31. The standard InChI is InChI=1S/C12H18ClN3O/c1-9(13)10-4-7-16(8-5-10)12(17)11-3-6-14-15(11)2/h3,6,9-10H,4-5,7-8H2,1-2H3. The summed E-state index contributed by atoms with van der Waals surface area (Å²) in [6, 6.07) is 1.76. The molecule has 1 atom stereocenters. The van der Waals surface area contributed by atoms with Crippen molar-refractivity contribution in [3.63, 3.8) is 0 Å². The van der Waals surface area contributed by atoms with Gasteiger partial charge in [-0.3, -0.25) is 9.48 Å². The molecule has 0 N–H and O–H groups in total. The maximum absolute atomic E-state index is 12.2. The Morgan fingerprint density at radius 1 is 1.53 bits per heavy atom. The summed E-state index contributed by atoms with van der Waals surface area (Å²) in [5.74, 6) is 0.609. The molecule has 0 spiro atoms. The molecule has 1 aromatic rings. The zero-order valence-corrected chi connectivity index (χ0v) is 11.0. The van der Waals surface area contributed by atoms with Crippen molar-refractivity contribution in [3.8, 4) is 0 Å². The van der Waals surface area contributed by atoms with Crippen LogP contribution in [0.5, 0.6) is 0 Å². The van der Waals surface area contributed by atoms with Crippen molar-refractivity contribution in [2.75, 3.05) is 13.1 Å². The van der Waals surface area contributed by atoms with E-state index < -0.39 is 0 Å². The third-order valence-corrected chi connectivity index (χ3v) is 3.87. The molecule has 1 amide bonds. The molecule has 0 radical (unpaired) electrons. The molecule has 1 aliphatic heterocycles. The van der Waals surface area contributed by atoms with Crippen LogP contribution in [0.15, 0.2) is 12.3 Å². The number of carbonyl (C=O) groups excluding carboxylic acids is 1. The van der Waals surface area contributed by atoms with Crippen LogP contribution in [-0.4, -0.2) is 39.1 Å². The van der Waals surface area contributed by atoms with Crippen LogP contribution in [-0.2, 0) is 7.05 Å². The monoisotopic (exact) mass is 255 g/mol. The van der Waals surface area contributed by atoms with Gasteiger partial charge in [0.05, 0.1) is 0 Å². The lowest BCUT2D eigenvalue weighted by Gasteiger charge is -2.33. The number of likely N-dealkylation sites (tertiary alicyclic amines) is 1. The number of carbonyl (C=O) groups is 1. The highest BCUT2D eigenvalue weighted by atomic mass is 35.5. The number of nitrogens with zero attached hydrogens (tertiary/aromatic N) is 3. The van der Waals surface area contributed by atoms with Crippen molar-refractivity contribution in [2.24, 2.45) is 13.0 Å². The number of amides is 1. The minimum absolute atomic E-state index is 0.0747. The Bertz CT molecular complexity index is 394. The first kappa shape index (κ1) is 12.4. The van der Waals surface area contributed by atoms with E-state index in [1.807, 2.05) is 11.8 Å². The van der Waals surface area contributed by atoms with E-state index in [1.54, 1.807) is 24.0 Å². The number of alkyl halides is 1. The van der Waals surface area contributed by atoms with Crippen LogP contribution >= 0.6 is 11.6 Å². The average molecular weight is 256 g/mol. The Morgan fingerprint density at radius 2 is 2.18 bits per heavy atom. The van der Waals surface area contributed by atoms with Gasteiger partial charge in [-0.2, -0.15) is 5.10 Å². The van der Waals surface area contributed by atoms with Gasteiger partial charge < -0.3 is 4.90 Å². The van der Waals surface area contributed by atoms with Gasteiger partial charge >= 0.3 is 0 Å². The van der Waals surface area contributed by atoms with Crippen LogP contribution in [0.1, 0.15) is 30.3 Å². The zero-order chi connectivity index (χ0) is 12.4. The SMILES string of the molecule is CC(Cl)C1CCN(C(=O)c2ccnn2C)CC1. The molecule has 17 heavy (non-hydrogen) atoms. The number of aryl methyl sites for hydroxylation is 1. The number of piperidine rings is 1. The summed E-state index contributed by atoms with van der Waals surface area (Å²) in [6.07, 6.45) is 3.64. The Labute approximate surface area is 107 Å². The van der Waals surface area contributed by atoms with Gasteiger partial charge in [0.2, 0.25) is 0 Å². The molecule has 5 heteroatoms. The normalized spacial score (nSPS) is 19.4. The molecule has 4 nitrogen and oxygen atoms in total. The van der Waals surface area contributed by atoms with Gasteiger partial charge in [0.25, 0.3) is 5.91 Å². The molecular weight excluding hydrogens is 238 g/mol. The van der Waals surface area contributed by atoms with Crippen LogP contribution in [0, 0.1) is 5.92 Å². The van der Waals surface area contributed by atoms with E-state index in [2.05, 4.69) is 5.10 Å². The van der Waals surface area contributed by atoms with E-state index in [0.717, 1.165) is 25.9 Å². The van der Waals surface area contributed by atoms with E-state index in [9.17, 15) is 4.79 Å². The maximum atomic E-state index is 12.2. The van der Waals surface area contributed by atoms with Crippen molar-refractivity contribution < 1.29 is 4.79 Å². The molecule has 0 saturated carbocycles. The van der Waals surface area contributed by atoms with Gasteiger partial charge in [-0.25, -0.2) is 0 Å². The molecule has 1 saturated heterocycles. The van der Waals surface area contributed by atoms with E-state index >= 15 is 0 Å². The first-order chi connectivity index (χ1) is 8.09. The second-order valence-electron chi connectivity index (χ2n) is 4.65. The molecule has 0 aromatic carbocycles. The summed E-state index contributed by atoms with van der Waals surface area (Å²) in [4.78, 5) is 14.1. The Balaban J connectivity index is 1.98. The average Bonchev–Trinajstić information content (AvgIpc) is 2.74. The van der Waals surface area contributed by atoms with Crippen LogP contribution in [0.3, 0.4) is 0 Å². The third-order valence-electron chi connectivity index (χ3n) is 3.52. The van der Waals surface area contributed by atoms with Crippen molar-refractivity contribution in [3.05, 3.63) is 18.0 Å². The van der Waals surface area contributed by atoms with Gasteiger partial charge in [0.15, 0.2) is 0 Å². The molecule has 2 heterocycles. The van der Waals surface area contributed by atoms with E-state index in [0.29, 0.717) is 11.6 Å². The quantitative estimate of drug-likeness (QED) is 0.757. The van der Waals surface area contributed by atoms with Gasteiger partial charge in [0, 0.05) is 31.7 Å². The number of hydrogen-bond donors (Lipinski definition) is 0. The minimum Gasteiger partial charge on any atom is -0.337 e. The molecule has 1 aromatic heterocycles. The first-order valence-electron chi connectivity index (χ1n) is 6.01. The van der Waals surface area contributed by atoms with E-state index in [-0.39, 0.29) is 11.3 Å². The second kappa shape index (κ2) is 5.08. The maximum Gasteiger partial charge on any atom is 0.272 e. The smallest absolute Gasteiger partial charge is 0.272 e. The van der Waals surface area contributed by atoms with Gasteiger partial charge in [-0.1, -0.05) is 0 Å². The van der Waals surface area contributed by atoms with Gasteiger partial charge in [-0.05, 0) is 31.7 Å². The van der Waals surface area contributed by atoms with Crippen LogP contribution in [0.2, 0.25) is 0 Å². The number of halogens is 1. The molecule has 1 unspecified atom stereocenters. The molecule has 1 fully saturated rings. The lowest BCUT2D eigenvalue weighted by molar-refractivity contribution is 0.0679. The highest BCUT2D eigenvalue weighted by Crippen LogP contribution is 2.24. The molecule has 1 aliphatic rings.